The van der Waals surface area contributed by atoms with Crippen molar-refractivity contribution >= 4 is 34.5 Å². The van der Waals surface area contributed by atoms with Crippen molar-refractivity contribution in [1.29, 1.82) is 0 Å². The Hall–Kier alpha value is -2.08. The van der Waals surface area contributed by atoms with Gasteiger partial charge in [0, 0.05) is 30.1 Å². The molecule has 2 aliphatic rings. The Bertz CT molecular complexity index is 720. The molecule has 0 spiro atoms. The van der Waals surface area contributed by atoms with Crippen LogP contribution >= 0.6 is 11.3 Å². The Balaban J connectivity index is 1.73. The summed E-state index contributed by atoms with van der Waals surface area (Å²) in [6, 6.07) is 1.89. The van der Waals surface area contributed by atoms with Crippen LogP contribution in [0.15, 0.2) is 24.4 Å². The molecule has 5 nitrogen and oxygen atoms in total. The third-order valence-electron chi connectivity index (χ3n) is 4.58. The van der Waals surface area contributed by atoms with Crippen LogP contribution in [0.3, 0.4) is 0 Å². The van der Waals surface area contributed by atoms with Crippen molar-refractivity contribution in [2.45, 2.75) is 51.5 Å². The first-order valence-corrected chi connectivity index (χ1v) is 9.67. The van der Waals surface area contributed by atoms with E-state index in [1.165, 1.54) is 23.3 Å². The molecule has 25 heavy (non-hydrogen) atoms. The van der Waals surface area contributed by atoms with Crippen molar-refractivity contribution < 1.29 is 14.7 Å². The molecule has 1 aromatic heterocycles. The average molecular weight is 360 g/mol. The molecule has 0 saturated carbocycles. The molecule has 1 atom stereocenters. The summed E-state index contributed by atoms with van der Waals surface area (Å²) in [5, 5.41) is 12.8. The summed E-state index contributed by atoms with van der Waals surface area (Å²) in [6.07, 6.45) is 11.9. The van der Waals surface area contributed by atoms with Gasteiger partial charge in [-0.1, -0.05) is 6.08 Å². The fraction of sp³-hybridized carbons (Fsp3) is 0.474. The maximum atomic E-state index is 11.6. The maximum absolute atomic E-state index is 11.6. The van der Waals surface area contributed by atoms with Crippen LogP contribution in [0.4, 0.5) is 5.69 Å². The van der Waals surface area contributed by atoms with Crippen molar-refractivity contribution in [2.75, 3.05) is 11.9 Å². The first-order chi connectivity index (χ1) is 12.0. The number of hydrogen-bond acceptors (Lipinski definition) is 4. The monoisotopic (exact) mass is 360 g/mol. The van der Waals surface area contributed by atoms with Crippen LogP contribution in [0, 0.1) is 0 Å². The van der Waals surface area contributed by atoms with E-state index in [4.69, 9.17) is 0 Å². The summed E-state index contributed by atoms with van der Waals surface area (Å²) in [5.74, 6) is -0.752. The Morgan fingerprint density at radius 1 is 1.36 bits per heavy atom. The van der Waals surface area contributed by atoms with Gasteiger partial charge in [0.25, 0.3) is 0 Å². The van der Waals surface area contributed by atoms with Gasteiger partial charge >= 0.3 is 5.97 Å². The van der Waals surface area contributed by atoms with E-state index in [-0.39, 0.29) is 11.9 Å². The zero-order valence-electron chi connectivity index (χ0n) is 14.5. The third kappa shape index (κ3) is 4.31. The van der Waals surface area contributed by atoms with Crippen LogP contribution in [-0.4, -0.2) is 34.5 Å². The average Bonchev–Trinajstić information content (AvgIpc) is 3.20. The quantitative estimate of drug-likeness (QED) is 0.792. The number of hydrogen-bond donors (Lipinski definition) is 2. The molecular formula is C19H24N2O3S. The maximum Gasteiger partial charge on any atom is 0.348 e. The number of likely N-dealkylation sites (tertiary alicyclic amines) is 1. The van der Waals surface area contributed by atoms with Gasteiger partial charge in [0.05, 0.1) is 5.69 Å². The Morgan fingerprint density at radius 3 is 2.84 bits per heavy atom. The molecule has 0 radical (unpaired) electrons. The molecule has 1 saturated heterocycles. The van der Waals surface area contributed by atoms with E-state index in [1.54, 1.807) is 4.90 Å². The summed E-state index contributed by atoms with van der Waals surface area (Å²) in [5.41, 5.74) is 1.92. The van der Waals surface area contributed by atoms with Gasteiger partial charge in [0.15, 0.2) is 0 Å². The van der Waals surface area contributed by atoms with Gasteiger partial charge in [-0.25, -0.2) is 4.79 Å². The standard InChI is InChI=1S/C19H24N2O3S/c1-13(9-11-21-10-5-8-17(21)22)20-15-12-16(25-18(15)19(23)24)14-6-3-2-4-7-14/h6,9,11-13,20H,2-5,7-8,10H2,1H3,(H,23,24)/b11-9+. The summed E-state index contributed by atoms with van der Waals surface area (Å²) >= 11 is 1.34. The highest BCUT2D eigenvalue weighted by molar-refractivity contribution is 7.15. The lowest BCUT2D eigenvalue weighted by Gasteiger charge is -2.13. The Kier molecular flexibility index (Phi) is 5.58. The fourth-order valence-electron chi connectivity index (χ4n) is 3.23. The van der Waals surface area contributed by atoms with E-state index < -0.39 is 5.97 Å². The minimum absolute atomic E-state index is 0.0608. The lowest BCUT2D eigenvalue weighted by Crippen LogP contribution is -2.20. The number of allylic oxidation sites excluding steroid dienone is 2. The molecule has 1 aromatic rings. The fourth-order valence-corrected chi connectivity index (χ4v) is 4.26. The largest absolute Gasteiger partial charge is 0.477 e. The van der Waals surface area contributed by atoms with Gasteiger partial charge in [0.2, 0.25) is 5.91 Å². The van der Waals surface area contributed by atoms with Gasteiger partial charge in [-0.05, 0) is 56.7 Å². The second-order valence-electron chi connectivity index (χ2n) is 6.60. The Labute approximate surface area is 152 Å². The number of amides is 1. The smallest absolute Gasteiger partial charge is 0.348 e. The predicted molar refractivity (Wildman–Crippen MR) is 101 cm³/mol. The molecule has 2 heterocycles. The number of carbonyl (C=O) groups is 2. The minimum atomic E-state index is -0.902. The second kappa shape index (κ2) is 7.87. The topological polar surface area (TPSA) is 69.6 Å². The second-order valence-corrected chi connectivity index (χ2v) is 7.65. The van der Waals surface area contributed by atoms with E-state index in [9.17, 15) is 14.7 Å². The number of carbonyl (C=O) groups excluding carboxylic acids is 1. The van der Waals surface area contributed by atoms with Crippen molar-refractivity contribution in [3.8, 4) is 0 Å². The van der Waals surface area contributed by atoms with Crippen molar-refractivity contribution in [2.24, 2.45) is 0 Å². The normalized spacial score (nSPS) is 19.3. The molecule has 1 unspecified atom stereocenters. The highest BCUT2D eigenvalue weighted by Gasteiger charge is 2.20. The molecule has 3 rings (SSSR count). The van der Waals surface area contributed by atoms with Crippen molar-refractivity contribution in [3.05, 3.63) is 34.2 Å². The predicted octanol–water partition coefficient (Wildman–Crippen LogP) is 4.34. The molecule has 1 aliphatic heterocycles. The van der Waals surface area contributed by atoms with E-state index in [1.807, 2.05) is 25.3 Å². The van der Waals surface area contributed by atoms with Crippen molar-refractivity contribution in [3.63, 3.8) is 0 Å². The summed E-state index contributed by atoms with van der Waals surface area (Å²) in [7, 11) is 0. The van der Waals surface area contributed by atoms with Crippen LogP contribution in [0.25, 0.3) is 5.57 Å². The lowest BCUT2D eigenvalue weighted by molar-refractivity contribution is -0.125. The highest BCUT2D eigenvalue weighted by Crippen LogP contribution is 2.36. The minimum Gasteiger partial charge on any atom is -0.477 e. The zero-order chi connectivity index (χ0) is 17.8. The first-order valence-electron chi connectivity index (χ1n) is 8.85. The number of anilines is 1. The molecule has 0 bridgehead atoms. The molecule has 1 fully saturated rings. The first kappa shape index (κ1) is 17.7. The molecule has 6 heteroatoms. The molecule has 1 aliphatic carbocycles. The Morgan fingerprint density at radius 2 is 2.20 bits per heavy atom. The van der Waals surface area contributed by atoms with Gasteiger partial charge in [0.1, 0.15) is 4.88 Å². The number of aromatic carboxylic acids is 1. The third-order valence-corrected chi connectivity index (χ3v) is 5.78. The van der Waals surface area contributed by atoms with Crippen LogP contribution in [0.2, 0.25) is 0 Å². The van der Waals surface area contributed by atoms with E-state index in [2.05, 4.69) is 11.4 Å². The van der Waals surface area contributed by atoms with Crippen LogP contribution in [0.1, 0.15) is 60.0 Å². The van der Waals surface area contributed by atoms with Gasteiger partial charge in [-0.15, -0.1) is 11.3 Å². The van der Waals surface area contributed by atoms with Crippen molar-refractivity contribution in [1.82, 2.24) is 4.90 Å². The van der Waals surface area contributed by atoms with Gasteiger partial charge < -0.3 is 15.3 Å². The number of nitrogens with zero attached hydrogens (tertiary/aromatic N) is 1. The zero-order valence-corrected chi connectivity index (χ0v) is 15.3. The highest BCUT2D eigenvalue weighted by atomic mass is 32.1. The molecule has 1 amide bonds. The SMILES string of the molecule is CC(/C=C/N1CCCC1=O)Nc1cc(C2=CCCCC2)sc1C(=O)O. The van der Waals surface area contributed by atoms with E-state index in [0.29, 0.717) is 17.0 Å². The number of nitrogens with one attached hydrogen (secondary N) is 1. The molecule has 0 aromatic carbocycles. The number of thiophene rings is 1. The number of rotatable bonds is 6. The van der Waals surface area contributed by atoms with Crippen LogP contribution in [-0.2, 0) is 4.79 Å². The lowest BCUT2D eigenvalue weighted by atomic mass is 9.98. The van der Waals surface area contributed by atoms with Crippen LogP contribution in [0.5, 0.6) is 0 Å². The molecule has 134 valence electrons. The number of carboxylic acid groups (broad SMARTS) is 1. The van der Waals surface area contributed by atoms with Gasteiger partial charge in [-0.2, -0.15) is 0 Å². The van der Waals surface area contributed by atoms with Gasteiger partial charge in [-0.3, -0.25) is 4.79 Å². The number of carboxylic acids is 1. The van der Waals surface area contributed by atoms with E-state index in [0.717, 1.165) is 37.1 Å². The summed E-state index contributed by atoms with van der Waals surface area (Å²) in [4.78, 5) is 26.3. The summed E-state index contributed by atoms with van der Waals surface area (Å²) in [6.45, 7) is 2.72. The van der Waals surface area contributed by atoms with Crippen LogP contribution < -0.4 is 5.32 Å². The van der Waals surface area contributed by atoms with E-state index >= 15 is 0 Å². The summed E-state index contributed by atoms with van der Waals surface area (Å²) < 4.78 is 0. The molecular weight excluding hydrogens is 336 g/mol. The molecule has 2 N–H and O–H groups in total.